The number of hydrogen-bond donors (Lipinski definition) is 1. The van der Waals surface area contributed by atoms with Crippen molar-refractivity contribution in [3.05, 3.63) is 119 Å². The van der Waals surface area contributed by atoms with Gasteiger partial charge in [0.1, 0.15) is 11.5 Å². The third-order valence-electron chi connectivity index (χ3n) is 7.52. The van der Waals surface area contributed by atoms with Crippen molar-refractivity contribution in [1.82, 2.24) is 10.2 Å². The van der Waals surface area contributed by atoms with Gasteiger partial charge in [-0.2, -0.15) is 0 Å². The second-order valence-corrected chi connectivity index (χ2v) is 12.6. The Labute approximate surface area is 264 Å². The van der Waals surface area contributed by atoms with Gasteiger partial charge in [0.15, 0.2) is 4.34 Å². The van der Waals surface area contributed by atoms with Crippen molar-refractivity contribution in [2.75, 3.05) is 11.5 Å². The fourth-order valence-electron chi connectivity index (χ4n) is 5.33. The lowest BCUT2D eigenvalue weighted by Crippen LogP contribution is -2.29. The van der Waals surface area contributed by atoms with Crippen LogP contribution in [0.15, 0.2) is 107 Å². The van der Waals surface area contributed by atoms with Gasteiger partial charge in [0.05, 0.1) is 18.2 Å². The molecule has 0 radical (unpaired) electrons. The smallest absolute Gasteiger partial charge is 0.301 e. The van der Waals surface area contributed by atoms with E-state index in [1.165, 1.54) is 44.3 Å². The molecule has 1 fully saturated rings. The van der Waals surface area contributed by atoms with E-state index in [9.17, 15) is 14.7 Å². The number of ether oxygens (including phenoxy) is 1. The summed E-state index contributed by atoms with van der Waals surface area (Å²) in [5.74, 6) is -0.466. The molecule has 1 N–H and O–H groups in total. The number of unbranched alkanes of at least 4 members (excludes halogenated alkanes) is 2. The van der Waals surface area contributed by atoms with Crippen molar-refractivity contribution in [3.8, 4) is 5.75 Å². The number of nitrogens with zero attached hydrogens (tertiary/aromatic N) is 3. The number of Topliss-reactive ketones (excluding diaryl/α,β-unsaturated/α-hetero) is 1. The number of rotatable bonds is 11. The van der Waals surface area contributed by atoms with Crippen LogP contribution in [0.1, 0.15) is 48.9 Å². The summed E-state index contributed by atoms with van der Waals surface area (Å²) in [4.78, 5) is 28.6. The Bertz CT molecular complexity index is 1830. The van der Waals surface area contributed by atoms with Crippen molar-refractivity contribution in [2.24, 2.45) is 0 Å². The molecule has 1 aliphatic rings. The van der Waals surface area contributed by atoms with Crippen LogP contribution in [0.4, 0.5) is 5.13 Å². The van der Waals surface area contributed by atoms with E-state index >= 15 is 0 Å². The van der Waals surface area contributed by atoms with Crippen LogP contribution in [0, 0.1) is 0 Å². The van der Waals surface area contributed by atoms with Gasteiger partial charge in [0.2, 0.25) is 5.13 Å². The predicted octanol–water partition coefficient (Wildman–Crippen LogP) is 8.18. The fraction of sp³-hybridized carbons (Fsp3) is 0.200. The largest absolute Gasteiger partial charge is 0.507 e. The molecule has 1 atom stereocenters. The second-order valence-electron chi connectivity index (χ2n) is 10.4. The molecule has 1 unspecified atom stereocenters. The highest BCUT2D eigenvalue weighted by atomic mass is 32.2. The minimum absolute atomic E-state index is 0.00416. The van der Waals surface area contributed by atoms with Gasteiger partial charge in [-0.1, -0.05) is 128 Å². The van der Waals surface area contributed by atoms with Gasteiger partial charge in [-0.25, -0.2) is 0 Å². The van der Waals surface area contributed by atoms with Crippen LogP contribution in [-0.2, 0) is 15.3 Å². The average molecular weight is 622 g/mol. The first-order valence-corrected chi connectivity index (χ1v) is 16.4. The maximum absolute atomic E-state index is 13.6. The van der Waals surface area contributed by atoms with Gasteiger partial charge in [0, 0.05) is 11.3 Å². The molecule has 6 rings (SSSR count). The maximum atomic E-state index is 13.6. The third kappa shape index (κ3) is 6.11. The zero-order valence-corrected chi connectivity index (χ0v) is 25.8. The zero-order chi connectivity index (χ0) is 30.5. The van der Waals surface area contributed by atoms with Crippen molar-refractivity contribution in [2.45, 2.75) is 42.3 Å². The van der Waals surface area contributed by atoms with Crippen LogP contribution >= 0.6 is 23.1 Å². The van der Waals surface area contributed by atoms with Crippen molar-refractivity contribution in [1.29, 1.82) is 0 Å². The molecule has 4 aromatic carbocycles. The summed E-state index contributed by atoms with van der Waals surface area (Å²) >= 11 is 2.78. The molecule has 44 heavy (non-hydrogen) atoms. The Kier molecular flexibility index (Phi) is 9.04. The predicted molar refractivity (Wildman–Crippen MR) is 176 cm³/mol. The zero-order valence-electron chi connectivity index (χ0n) is 24.2. The topological polar surface area (TPSA) is 92.6 Å². The van der Waals surface area contributed by atoms with E-state index in [-0.39, 0.29) is 11.3 Å². The minimum atomic E-state index is -0.904. The second kappa shape index (κ2) is 13.4. The Morgan fingerprint density at radius 3 is 2.55 bits per heavy atom. The summed E-state index contributed by atoms with van der Waals surface area (Å²) < 4.78 is 6.67. The van der Waals surface area contributed by atoms with Gasteiger partial charge in [-0.3, -0.25) is 14.5 Å². The molecule has 2 heterocycles. The van der Waals surface area contributed by atoms with E-state index in [0.717, 1.165) is 19.3 Å². The number of aliphatic hydroxyl groups excluding tert-OH is 1. The van der Waals surface area contributed by atoms with Crippen molar-refractivity contribution >= 4 is 56.5 Å². The van der Waals surface area contributed by atoms with Gasteiger partial charge >= 0.3 is 5.91 Å². The van der Waals surface area contributed by atoms with E-state index in [2.05, 4.69) is 41.4 Å². The molecule has 1 saturated heterocycles. The molecule has 0 spiro atoms. The number of amides is 1. The lowest BCUT2D eigenvalue weighted by atomic mass is 9.95. The number of hydrogen-bond acceptors (Lipinski definition) is 8. The Hall–Kier alpha value is -4.47. The van der Waals surface area contributed by atoms with Crippen LogP contribution in [-0.4, -0.2) is 33.6 Å². The van der Waals surface area contributed by atoms with Crippen LogP contribution in [0.25, 0.3) is 16.5 Å². The van der Waals surface area contributed by atoms with E-state index in [4.69, 9.17) is 4.74 Å². The third-order valence-corrected chi connectivity index (χ3v) is 9.62. The molecular formula is C35H31N3O4S2. The molecule has 0 bridgehead atoms. The Morgan fingerprint density at radius 2 is 1.70 bits per heavy atom. The molecule has 1 aliphatic heterocycles. The minimum Gasteiger partial charge on any atom is -0.507 e. The molecule has 5 aromatic rings. The molecule has 1 aromatic heterocycles. The number of carbonyl (C=O) groups excluding carboxylic acids is 2. The first kappa shape index (κ1) is 29.6. The standard InChI is InChI=1S/C35H31N3O4S2/c1-2-3-9-20-42-27-18-11-16-25(21-27)30-29(31(39)24-13-5-4-6-14-24)32(40)33(41)38(30)34-36-37-35(44-34)43-22-26-17-10-15-23-12-7-8-19-28(23)26/h4-8,10-19,21,30,39H,2-3,9,20,22H2,1H3/b31-29+. The molecule has 222 valence electrons. The highest BCUT2D eigenvalue weighted by molar-refractivity contribution is 8.00. The van der Waals surface area contributed by atoms with Gasteiger partial charge in [-0.15, -0.1) is 10.2 Å². The number of carbonyl (C=O) groups is 2. The van der Waals surface area contributed by atoms with Crippen LogP contribution in [0.2, 0.25) is 0 Å². The maximum Gasteiger partial charge on any atom is 0.301 e. The first-order valence-electron chi connectivity index (χ1n) is 14.6. The number of benzene rings is 4. The fourth-order valence-corrected chi connectivity index (χ4v) is 7.20. The molecule has 0 saturated carbocycles. The van der Waals surface area contributed by atoms with Crippen molar-refractivity contribution in [3.63, 3.8) is 0 Å². The number of ketones is 1. The van der Waals surface area contributed by atoms with E-state index < -0.39 is 17.7 Å². The number of anilines is 1. The summed E-state index contributed by atoms with van der Waals surface area (Å²) in [6, 6.07) is 29.7. The SMILES string of the molecule is CCCCCOc1cccc(C2/C(=C(\O)c3ccccc3)C(=O)C(=O)N2c2nnc(SCc3cccc4ccccc34)s2)c1. The van der Waals surface area contributed by atoms with E-state index in [0.29, 0.717) is 38.7 Å². The van der Waals surface area contributed by atoms with E-state index in [1.807, 2.05) is 48.5 Å². The first-order chi connectivity index (χ1) is 21.5. The number of thioether (sulfide) groups is 1. The lowest BCUT2D eigenvalue weighted by molar-refractivity contribution is -0.132. The number of aliphatic hydroxyl groups is 1. The highest BCUT2D eigenvalue weighted by Crippen LogP contribution is 2.44. The Morgan fingerprint density at radius 1 is 0.932 bits per heavy atom. The Balaban J connectivity index is 1.34. The lowest BCUT2D eigenvalue weighted by Gasteiger charge is -2.23. The van der Waals surface area contributed by atoms with Gasteiger partial charge in [0.25, 0.3) is 5.78 Å². The summed E-state index contributed by atoms with van der Waals surface area (Å²) in [6.07, 6.45) is 3.08. The highest BCUT2D eigenvalue weighted by Gasteiger charge is 2.48. The monoisotopic (exact) mass is 621 g/mol. The van der Waals surface area contributed by atoms with Crippen LogP contribution in [0.3, 0.4) is 0 Å². The van der Waals surface area contributed by atoms with Crippen LogP contribution < -0.4 is 9.64 Å². The molecule has 1 amide bonds. The molecule has 0 aliphatic carbocycles. The normalized spacial score (nSPS) is 16.1. The van der Waals surface area contributed by atoms with Crippen molar-refractivity contribution < 1.29 is 19.4 Å². The molecular weight excluding hydrogens is 591 g/mol. The summed E-state index contributed by atoms with van der Waals surface area (Å²) in [5, 5.41) is 22.8. The van der Waals surface area contributed by atoms with Gasteiger partial charge < -0.3 is 9.84 Å². The quantitative estimate of drug-likeness (QED) is 0.0397. The average Bonchev–Trinajstić information content (AvgIpc) is 3.64. The van der Waals surface area contributed by atoms with E-state index in [1.54, 1.807) is 24.3 Å². The summed E-state index contributed by atoms with van der Waals surface area (Å²) in [6.45, 7) is 2.70. The molecule has 9 heteroatoms. The number of aromatic nitrogens is 2. The summed E-state index contributed by atoms with van der Waals surface area (Å²) in [7, 11) is 0. The number of fused-ring (bicyclic) bond motifs is 1. The van der Waals surface area contributed by atoms with Crippen LogP contribution in [0.5, 0.6) is 5.75 Å². The molecule has 7 nitrogen and oxygen atoms in total. The summed E-state index contributed by atoms with van der Waals surface area (Å²) in [5.41, 5.74) is 2.26. The van der Waals surface area contributed by atoms with Gasteiger partial charge in [-0.05, 0) is 40.5 Å².